The topological polar surface area (TPSA) is 70.7 Å². The van der Waals surface area contributed by atoms with E-state index < -0.39 is 0 Å². The van der Waals surface area contributed by atoms with Gasteiger partial charge in [-0.25, -0.2) is 0 Å². The van der Waals surface area contributed by atoms with Crippen molar-refractivity contribution >= 4 is 11.8 Å². The van der Waals surface area contributed by atoms with Crippen molar-refractivity contribution in [2.75, 3.05) is 20.2 Å². The fourth-order valence-corrected chi connectivity index (χ4v) is 3.17. The van der Waals surface area contributed by atoms with Gasteiger partial charge in [0.25, 0.3) is 0 Å². The highest BCUT2D eigenvalue weighted by atomic mass is 16.5. The van der Waals surface area contributed by atoms with E-state index in [0.29, 0.717) is 13.1 Å². The van der Waals surface area contributed by atoms with E-state index in [1.165, 1.54) is 6.92 Å². The summed E-state index contributed by atoms with van der Waals surface area (Å²) in [6.07, 6.45) is 0.255. The van der Waals surface area contributed by atoms with E-state index in [0.717, 1.165) is 11.3 Å². The molecule has 0 aromatic heterocycles. The highest BCUT2D eigenvalue weighted by molar-refractivity contribution is 5.79. The van der Waals surface area contributed by atoms with Gasteiger partial charge in [0.15, 0.2) is 0 Å². The highest BCUT2D eigenvalue weighted by Crippen LogP contribution is 2.22. The smallest absolute Gasteiger partial charge is 0.225 e. The van der Waals surface area contributed by atoms with Crippen molar-refractivity contribution in [3.63, 3.8) is 0 Å². The quantitative estimate of drug-likeness (QED) is 0.856. The number of carbonyl (C=O) groups is 2. The maximum absolute atomic E-state index is 12.7. The molecule has 0 radical (unpaired) electrons. The molecule has 2 amide bonds. The average molecular weight is 333 g/mol. The zero-order valence-electron chi connectivity index (χ0n) is 14.8. The maximum atomic E-state index is 12.7. The second-order valence-electron chi connectivity index (χ2n) is 6.50. The number of rotatable bonds is 5. The summed E-state index contributed by atoms with van der Waals surface area (Å²) in [5, 5.41) is 6.30. The molecule has 2 rings (SSSR count). The SMILES string of the molecule is COc1ccc([C@H](CC(=O)N2C[C@@H](C)N[C@@H](C)C2)NC(C)=O)cc1. The van der Waals surface area contributed by atoms with Crippen molar-refractivity contribution in [3.8, 4) is 5.75 Å². The van der Waals surface area contributed by atoms with Gasteiger partial charge >= 0.3 is 0 Å². The molecule has 2 N–H and O–H groups in total. The van der Waals surface area contributed by atoms with Crippen molar-refractivity contribution in [2.24, 2.45) is 0 Å². The van der Waals surface area contributed by atoms with Crippen LogP contribution in [0.2, 0.25) is 0 Å². The first-order valence-corrected chi connectivity index (χ1v) is 8.34. The predicted octanol–water partition coefficient (Wildman–Crippen LogP) is 1.47. The average Bonchev–Trinajstić information content (AvgIpc) is 2.53. The summed E-state index contributed by atoms with van der Waals surface area (Å²) >= 11 is 0. The van der Waals surface area contributed by atoms with Crippen LogP contribution in [0.15, 0.2) is 24.3 Å². The number of nitrogens with one attached hydrogen (secondary N) is 2. The molecule has 1 saturated heterocycles. The molecule has 0 spiro atoms. The van der Waals surface area contributed by atoms with Gasteiger partial charge in [-0.2, -0.15) is 0 Å². The lowest BCUT2D eigenvalue weighted by Gasteiger charge is -2.37. The van der Waals surface area contributed by atoms with Gasteiger partial charge in [-0.1, -0.05) is 12.1 Å². The van der Waals surface area contributed by atoms with Crippen molar-refractivity contribution < 1.29 is 14.3 Å². The van der Waals surface area contributed by atoms with E-state index in [1.54, 1.807) is 7.11 Å². The number of hydrogen-bond donors (Lipinski definition) is 2. The third kappa shape index (κ3) is 4.96. The number of benzene rings is 1. The van der Waals surface area contributed by atoms with Crippen LogP contribution in [0.3, 0.4) is 0 Å². The summed E-state index contributed by atoms with van der Waals surface area (Å²) in [6.45, 7) is 7.00. The summed E-state index contributed by atoms with van der Waals surface area (Å²) in [5.41, 5.74) is 0.899. The van der Waals surface area contributed by atoms with E-state index in [9.17, 15) is 9.59 Å². The molecule has 1 fully saturated rings. The number of nitrogens with zero attached hydrogens (tertiary/aromatic N) is 1. The van der Waals surface area contributed by atoms with Gasteiger partial charge in [-0.15, -0.1) is 0 Å². The van der Waals surface area contributed by atoms with Crippen LogP contribution in [0.5, 0.6) is 5.75 Å². The lowest BCUT2D eigenvalue weighted by Crippen LogP contribution is -2.56. The lowest BCUT2D eigenvalue weighted by atomic mass is 10.0. The third-order valence-electron chi connectivity index (χ3n) is 4.18. The Morgan fingerprint density at radius 2 is 1.83 bits per heavy atom. The largest absolute Gasteiger partial charge is 0.497 e. The second kappa shape index (κ2) is 8.15. The second-order valence-corrected chi connectivity index (χ2v) is 6.50. The van der Waals surface area contributed by atoms with E-state index in [4.69, 9.17) is 4.74 Å². The summed E-state index contributed by atoms with van der Waals surface area (Å²) < 4.78 is 5.16. The summed E-state index contributed by atoms with van der Waals surface area (Å²) in [7, 11) is 1.61. The molecular weight excluding hydrogens is 306 g/mol. The predicted molar refractivity (Wildman–Crippen MR) is 92.8 cm³/mol. The van der Waals surface area contributed by atoms with Crippen LogP contribution in [-0.2, 0) is 9.59 Å². The fourth-order valence-electron chi connectivity index (χ4n) is 3.17. The van der Waals surface area contributed by atoms with Crippen LogP contribution in [-0.4, -0.2) is 49.0 Å². The summed E-state index contributed by atoms with van der Waals surface area (Å²) in [4.78, 5) is 26.1. The van der Waals surface area contributed by atoms with Gasteiger partial charge in [0.2, 0.25) is 11.8 Å². The van der Waals surface area contributed by atoms with Gasteiger partial charge in [0, 0.05) is 32.1 Å². The van der Waals surface area contributed by atoms with Crippen molar-refractivity contribution in [1.82, 2.24) is 15.5 Å². The number of piperazine rings is 1. The van der Waals surface area contributed by atoms with Crippen LogP contribution in [0, 0.1) is 0 Å². The molecule has 0 saturated carbocycles. The van der Waals surface area contributed by atoms with E-state index >= 15 is 0 Å². The van der Waals surface area contributed by atoms with Crippen LogP contribution < -0.4 is 15.4 Å². The number of ether oxygens (including phenoxy) is 1. The molecule has 0 aliphatic carbocycles. The van der Waals surface area contributed by atoms with Crippen LogP contribution >= 0.6 is 0 Å². The third-order valence-corrected chi connectivity index (χ3v) is 4.18. The molecule has 1 aliphatic heterocycles. The van der Waals surface area contributed by atoms with E-state index in [2.05, 4.69) is 24.5 Å². The van der Waals surface area contributed by atoms with Gasteiger partial charge < -0.3 is 20.3 Å². The molecule has 24 heavy (non-hydrogen) atoms. The lowest BCUT2D eigenvalue weighted by molar-refractivity contribution is -0.133. The molecule has 1 aromatic carbocycles. The van der Waals surface area contributed by atoms with Crippen LogP contribution in [0.4, 0.5) is 0 Å². The Morgan fingerprint density at radius 3 is 2.33 bits per heavy atom. The Morgan fingerprint density at radius 1 is 1.25 bits per heavy atom. The van der Waals surface area contributed by atoms with Gasteiger partial charge in [-0.3, -0.25) is 9.59 Å². The van der Waals surface area contributed by atoms with Gasteiger partial charge in [-0.05, 0) is 31.5 Å². The number of carbonyl (C=O) groups excluding carboxylic acids is 2. The highest BCUT2D eigenvalue weighted by Gasteiger charge is 2.27. The monoisotopic (exact) mass is 333 g/mol. The molecule has 1 aromatic rings. The van der Waals surface area contributed by atoms with E-state index in [-0.39, 0.29) is 36.4 Å². The molecule has 3 atom stereocenters. The van der Waals surface area contributed by atoms with Crippen molar-refractivity contribution in [2.45, 2.75) is 45.3 Å². The summed E-state index contributed by atoms with van der Waals surface area (Å²) in [6, 6.07) is 7.66. The minimum Gasteiger partial charge on any atom is -0.497 e. The molecule has 1 heterocycles. The zero-order valence-corrected chi connectivity index (χ0v) is 14.8. The molecule has 0 unspecified atom stereocenters. The number of amides is 2. The molecule has 132 valence electrons. The Balaban J connectivity index is 2.09. The fraction of sp³-hybridized carbons (Fsp3) is 0.556. The molecular formula is C18H27N3O3. The minimum atomic E-state index is -0.332. The summed E-state index contributed by atoms with van der Waals surface area (Å²) in [5.74, 6) is 0.659. The minimum absolute atomic E-state index is 0.0600. The molecule has 6 nitrogen and oxygen atoms in total. The van der Waals surface area contributed by atoms with Crippen LogP contribution in [0.25, 0.3) is 0 Å². The molecule has 0 bridgehead atoms. The maximum Gasteiger partial charge on any atom is 0.225 e. The van der Waals surface area contributed by atoms with Gasteiger partial charge in [0.1, 0.15) is 5.75 Å². The first-order chi connectivity index (χ1) is 11.4. The first-order valence-electron chi connectivity index (χ1n) is 8.34. The standard InChI is InChI=1S/C18H27N3O3/c1-12-10-21(11-13(2)19-12)18(23)9-17(20-14(3)22)15-5-7-16(24-4)8-6-15/h5-8,12-13,17,19H,9-11H2,1-4H3,(H,20,22)/t12-,13+,17-/m0/s1. The Hall–Kier alpha value is -2.08. The van der Waals surface area contributed by atoms with Crippen molar-refractivity contribution in [1.29, 1.82) is 0 Å². The van der Waals surface area contributed by atoms with Gasteiger partial charge in [0.05, 0.1) is 19.6 Å². The Kier molecular flexibility index (Phi) is 6.20. The zero-order chi connectivity index (χ0) is 17.7. The number of hydrogen-bond acceptors (Lipinski definition) is 4. The van der Waals surface area contributed by atoms with Crippen LogP contribution in [0.1, 0.15) is 38.8 Å². The van der Waals surface area contributed by atoms with Crippen molar-refractivity contribution in [3.05, 3.63) is 29.8 Å². The molecule has 1 aliphatic rings. The Labute approximate surface area is 143 Å². The normalized spacial score (nSPS) is 21.9. The Bertz CT molecular complexity index is 563. The van der Waals surface area contributed by atoms with E-state index in [1.807, 2.05) is 29.2 Å². The number of methoxy groups -OCH3 is 1. The first kappa shape index (κ1) is 18.3. The molecule has 6 heteroatoms.